The average Bonchev–Trinajstić information content (AvgIpc) is 2.69. The third kappa shape index (κ3) is 2.31. The molecule has 0 fully saturated rings. The Morgan fingerprint density at radius 3 is 2.70 bits per heavy atom. The number of benzene rings is 1. The van der Waals surface area contributed by atoms with Crippen molar-refractivity contribution in [2.75, 3.05) is 0 Å². The molecule has 20 heavy (non-hydrogen) atoms. The summed E-state index contributed by atoms with van der Waals surface area (Å²) in [6.45, 7) is 6.19. The highest BCUT2D eigenvalue weighted by Crippen LogP contribution is 2.36. The molecule has 1 aromatic carbocycles. The molecule has 2 aromatic heterocycles. The second-order valence-electron chi connectivity index (χ2n) is 4.65. The van der Waals surface area contributed by atoms with Crippen LogP contribution in [0.2, 0.25) is 0 Å². The number of halogens is 1. The van der Waals surface area contributed by atoms with Crippen LogP contribution in [0, 0.1) is 20.8 Å². The minimum atomic E-state index is 0.627. The molecular formula is C15H13BrN2OS. The quantitative estimate of drug-likeness (QED) is 0.640. The van der Waals surface area contributed by atoms with Crippen LogP contribution in [0.15, 0.2) is 29.0 Å². The van der Waals surface area contributed by atoms with E-state index in [0.29, 0.717) is 5.88 Å². The molecule has 102 valence electrons. The van der Waals surface area contributed by atoms with E-state index in [9.17, 15) is 0 Å². The highest BCUT2D eigenvalue weighted by Gasteiger charge is 2.14. The normalized spacial score (nSPS) is 11.0. The first-order valence-corrected chi connectivity index (χ1v) is 7.82. The van der Waals surface area contributed by atoms with E-state index < -0.39 is 0 Å². The monoisotopic (exact) mass is 348 g/mol. The van der Waals surface area contributed by atoms with E-state index in [1.165, 1.54) is 10.4 Å². The van der Waals surface area contributed by atoms with E-state index in [1.807, 2.05) is 25.1 Å². The standard InChI is InChI=1S/C15H13BrN2OS/c1-8-6-11(16)4-5-12(8)19-14-13-9(2)10(3)20-15(13)18-7-17-14/h4-7H,1-3H3. The Kier molecular flexibility index (Phi) is 3.48. The summed E-state index contributed by atoms with van der Waals surface area (Å²) in [7, 11) is 0. The van der Waals surface area contributed by atoms with Gasteiger partial charge in [-0.15, -0.1) is 11.3 Å². The third-order valence-corrected chi connectivity index (χ3v) is 4.88. The zero-order valence-corrected chi connectivity index (χ0v) is 13.8. The highest BCUT2D eigenvalue weighted by molar-refractivity contribution is 9.10. The molecule has 0 saturated carbocycles. The summed E-state index contributed by atoms with van der Waals surface area (Å²) < 4.78 is 7.05. The summed E-state index contributed by atoms with van der Waals surface area (Å²) in [6.07, 6.45) is 1.56. The van der Waals surface area contributed by atoms with Crippen LogP contribution in [0.4, 0.5) is 0 Å². The Balaban J connectivity index is 2.11. The van der Waals surface area contributed by atoms with Crippen molar-refractivity contribution in [2.24, 2.45) is 0 Å². The van der Waals surface area contributed by atoms with Crippen LogP contribution >= 0.6 is 27.3 Å². The van der Waals surface area contributed by atoms with Crippen LogP contribution in [-0.2, 0) is 0 Å². The van der Waals surface area contributed by atoms with Crippen molar-refractivity contribution in [3.63, 3.8) is 0 Å². The van der Waals surface area contributed by atoms with Gasteiger partial charge < -0.3 is 4.74 Å². The predicted octanol–water partition coefficient (Wildman–Crippen LogP) is 5.17. The molecule has 0 spiro atoms. The van der Waals surface area contributed by atoms with Gasteiger partial charge in [0.1, 0.15) is 16.9 Å². The van der Waals surface area contributed by atoms with E-state index in [2.05, 4.69) is 39.7 Å². The lowest BCUT2D eigenvalue weighted by Crippen LogP contribution is -1.92. The van der Waals surface area contributed by atoms with Gasteiger partial charge in [-0.1, -0.05) is 15.9 Å². The van der Waals surface area contributed by atoms with Crippen molar-refractivity contribution in [3.05, 3.63) is 45.0 Å². The topological polar surface area (TPSA) is 35.0 Å². The molecule has 0 radical (unpaired) electrons. The van der Waals surface area contributed by atoms with Crippen LogP contribution in [0.5, 0.6) is 11.6 Å². The summed E-state index contributed by atoms with van der Waals surface area (Å²) >= 11 is 5.13. The molecule has 3 nitrogen and oxygen atoms in total. The zero-order chi connectivity index (χ0) is 14.3. The lowest BCUT2D eigenvalue weighted by molar-refractivity contribution is 0.464. The molecule has 0 bridgehead atoms. The number of nitrogens with zero attached hydrogens (tertiary/aromatic N) is 2. The SMILES string of the molecule is Cc1cc(Br)ccc1Oc1ncnc2sc(C)c(C)c12. The summed E-state index contributed by atoms with van der Waals surface area (Å²) in [5.41, 5.74) is 2.26. The first-order chi connectivity index (χ1) is 9.56. The number of fused-ring (bicyclic) bond motifs is 1. The van der Waals surface area contributed by atoms with Crippen LogP contribution in [0.1, 0.15) is 16.0 Å². The Morgan fingerprint density at radius 1 is 1.15 bits per heavy atom. The van der Waals surface area contributed by atoms with Crippen molar-refractivity contribution in [3.8, 4) is 11.6 Å². The molecule has 0 atom stereocenters. The van der Waals surface area contributed by atoms with E-state index in [4.69, 9.17) is 4.74 Å². The third-order valence-electron chi connectivity index (χ3n) is 3.27. The molecule has 0 aliphatic heterocycles. The van der Waals surface area contributed by atoms with Crippen LogP contribution < -0.4 is 4.74 Å². The molecule has 5 heteroatoms. The summed E-state index contributed by atoms with van der Waals surface area (Å²) in [5.74, 6) is 1.44. The lowest BCUT2D eigenvalue weighted by atomic mass is 10.2. The molecule has 0 aliphatic carbocycles. The number of hydrogen-bond acceptors (Lipinski definition) is 4. The largest absolute Gasteiger partial charge is 0.438 e. The molecule has 0 amide bonds. The van der Waals surface area contributed by atoms with Crippen molar-refractivity contribution < 1.29 is 4.74 Å². The fraction of sp³-hybridized carbons (Fsp3) is 0.200. The van der Waals surface area contributed by atoms with E-state index in [0.717, 1.165) is 26.0 Å². The molecule has 3 rings (SSSR count). The first-order valence-electron chi connectivity index (χ1n) is 6.21. The summed E-state index contributed by atoms with van der Waals surface area (Å²) in [4.78, 5) is 10.8. The molecule has 3 aromatic rings. The van der Waals surface area contributed by atoms with Gasteiger partial charge in [0.25, 0.3) is 0 Å². The Hall–Kier alpha value is -1.46. The van der Waals surface area contributed by atoms with Crippen LogP contribution in [0.3, 0.4) is 0 Å². The van der Waals surface area contributed by atoms with Gasteiger partial charge >= 0.3 is 0 Å². The van der Waals surface area contributed by atoms with E-state index in [1.54, 1.807) is 17.7 Å². The summed E-state index contributed by atoms with van der Waals surface area (Å²) in [5, 5.41) is 1.01. The van der Waals surface area contributed by atoms with Crippen molar-refractivity contribution >= 4 is 37.5 Å². The maximum Gasteiger partial charge on any atom is 0.231 e. The van der Waals surface area contributed by atoms with Gasteiger partial charge in [0.2, 0.25) is 5.88 Å². The minimum absolute atomic E-state index is 0.627. The number of rotatable bonds is 2. The smallest absolute Gasteiger partial charge is 0.231 e. The second kappa shape index (κ2) is 5.14. The minimum Gasteiger partial charge on any atom is -0.438 e. The number of thiophene rings is 1. The van der Waals surface area contributed by atoms with E-state index >= 15 is 0 Å². The Morgan fingerprint density at radius 2 is 1.95 bits per heavy atom. The van der Waals surface area contributed by atoms with Gasteiger partial charge in [0.05, 0.1) is 5.39 Å². The number of aromatic nitrogens is 2. The molecule has 2 heterocycles. The number of aryl methyl sites for hydroxylation is 3. The molecular weight excluding hydrogens is 336 g/mol. The second-order valence-corrected chi connectivity index (χ2v) is 6.77. The van der Waals surface area contributed by atoms with Gasteiger partial charge in [0.15, 0.2) is 0 Å². The average molecular weight is 349 g/mol. The lowest BCUT2D eigenvalue weighted by Gasteiger charge is -2.09. The first kappa shape index (κ1) is 13.5. The van der Waals surface area contributed by atoms with Crippen LogP contribution in [0.25, 0.3) is 10.2 Å². The Bertz CT molecular complexity index is 798. The van der Waals surface area contributed by atoms with Crippen molar-refractivity contribution in [1.29, 1.82) is 0 Å². The highest BCUT2D eigenvalue weighted by atomic mass is 79.9. The summed E-state index contributed by atoms with van der Waals surface area (Å²) in [6, 6.07) is 5.94. The molecule has 0 N–H and O–H groups in total. The number of hydrogen-bond donors (Lipinski definition) is 0. The van der Waals surface area contributed by atoms with Crippen LogP contribution in [-0.4, -0.2) is 9.97 Å². The number of ether oxygens (including phenoxy) is 1. The van der Waals surface area contributed by atoms with E-state index in [-0.39, 0.29) is 0 Å². The molecule has 0 unspecified atom stereocenters. The maximum absolute atomic E-state index is 6.01. The van der Waals surface area contributed by atoms with Crippen molar-refractivity contribution in [2.45, 2.75) is 20.8 Å². The zero-order valence-electron chi connectivity index (χ0n) is 11.4. The fourth-order valence-electron chi connectivity index (χ4n) is 2.06. The van der Waals surface area contributed by atoms with Gasteiger partial charge in [0, 0.05) is 9.35 Å². The predicted molar refractivity (Wildman–Crippen MR) is 85.8 cm³/mol. The fourth-order valence-corrected chi connectivity index (χ4v) is 3.52. The van der Waals surface area contributed by atoms with Gasteiger partial charge in [-0.05, 0) is 50.1 Å². The van der Waals surface area contributed by atoms with Gasteiger partial charge in [-0.2, -0.15) is 0 Å². The Labute approximate surface area is 129 Å². The maximum atomic E-state index is 6.01. The molecule has 0 aliphatic rings. The van der Waals surface area contributed by atoms with Crippen molar-refractivity contribution in [1.82, 2.24) is 9.97 Å². The van der Waals surface area contributed by atoms with Gasteiger partial charge in [-0.3, -0.25) is 0 Å². The van der Waals surface area contributed by atoms with Gasteiger partial charge in [-0.25, -0.2) is 9.97 Å². The molecule has 0 saturated heterocycles.